The number of ether oxygens (including phenoxy) is 1. The van der Waals surface area contributed by atoms with E-state index < -0.39 is 23.6 Å². The minimum absolute atomic E-state index is 0.284. The number of nitrogens with one attached hydrogen (secondary N) is 3. The third kappa shape index (κ3) is 8.34. The van der Waals surface area contributed by atoms with Crippen LogP contribution in [-0.4, -0.2) is 60.9 Å². The highest BCUT2D eigenvalue weighted by Gasteiger charge is 2.42. The van der Waals surface area contributed by atoms with Gasteiger partial charge in [0.05, 0.1) is 7.11 Å². The summed E-state index contributed by atoms with van der Waals surface area (Å²) >= 11 is 1.58. The van der Waals surface area contributed by atoms with E-state index in [2.05, 4.69) is 16.0 Å². The van der Waals surface area contributed by atoms with Gasteiger partial charge in [-0.1, -0.05) is 62.4 Å². The molecule has 0 saturated heterocycles. The third-order valence-corrected chi connectivity index (χ3v) is 6.92. The summed E-state index contributed by atoms with van der Waals surface area (Å²) in [5, 5.41) is 8.44. The number of benzene rings is 1. The zero-order valence-corrected chi connectivity index (χ0v) is 21.0. The molecule has 0 radical (unpaired) electrons. The quantitative estimate of drug-likeness (QED) is 0.306. The van der Waals surface area contributed by atoms with Gasteiger partial charge in [-0.05, 0) is 36.8 Å². The van der Waals surface area contributed by atoms with Gasteiger partial charge in [-0.25, -0.2) is 4.79 Å². The molecule has 9 heteroatoms. The van der Waals surface area contributed by atoms with E-state index in [9.17, 15) is 19.2 Å². The van der Waals surface area contributed by atoms with E-state index in [0.29, 0.717) is 31.4 Å². The van der Waals surface area contributed by atoms with Gasteiger partial charge in [0.25, 0.3) is 0 Å². The van der Waals surface area contributed by atoms with E-state index in [1.54, 1.807) is 11.8 Å². The molecule has 1 aromatic rings. The SMILES string of the molecule is COC(=O)[C@H](Cc1ccccc1)NC(=O)C1(NC(=O)[C@H](CCSC)NC=O)CCCCCCC1. The fraction of sp³-hybridized carbons (Fsp3) is 0.600. The fourth-order valence-corrected chi connectivity index (χ4v) is 4.80. The Morgan fingerprint density at radius 1 is 1.06 bits per heavy atom. The summed E-state index contributed by atoms with van der Waals surface area (Å²) in [6.45, 7) is 0. The van der Waals surface area contributed by atoms with Gasteiger partial charge in [-0.15, -0.1) is 0 Å². The van der Waals surface area contributed by atoms with Gasteiger partial charge in [0.1, 0.15) is 17.6 Å². The van der Waals surface area contributed by atoms with Crippen LogP contribution in [0, 0.1) is 0 Å². The van der Waals surface area contributed by atoms with E-state index in [-0.39, 0.29) is 18.2 Å². The highest BCUT2D eigenvalue weighted by atomic mass is 32.2. The molecular weight excluding hydrogens is 454 g/mol. The van der Waals surface area contributed by atoms with E-state index in [1.807, 2.05) is 36.6 Å². The first-order chi connectivity index (χ1) is 16.5. The molecule has 0 aliphatic heterocycles. The van der Waals surface area contributed by atoms with Crippen LogP contribution in [0.1, 0.15) is 56.9 Å². The van der Waals surface area contributed by atoms with Crippen LogP contribution in [0.3, 0.4) is 0 Å². The lowest BCUT2D eigenvalue weighted by Gasteiger charge is -2.37. The molecule has 1 aliphatic carbocycles. The van der Waals surface area contributed by atoms with Crippen molar-refractivity contribution in [3.05, 3.63) is 35.9 Å². The highest BCUT2D eigenvalue weighted by Crippen LogP contribution is 2.27. The molecule has 1 saturated carbocycles. The standard InChI is InChI=1S/C25H37N3O5S/c1-33-23(31)21(17-19-11-7-6-8-12-19)27-24(32)25(14-9-4-3-5-10-15-25)28-22(30)20(26-18-29)13-16-34-2/h6-8,11-12,18,20-21H,3-5,9-10,13-17H2,1-2H3,(H,26,29)(H,27,32)(H,28,30)/t20-,21-/m0/s1. The molecule has 34 heavy (non-hydrogen) atoms. The van der Waals surface area contributed by atoms with Crippen LogP contribution < -0.4 is 16.0 Å². The van der Waals surface area contributed by atoms with Crippen molar-refractivity contribution in [1.29, 1.82) is 0 Å². The molecular formula is C25H37N3O5S. The Kier molecular flexibility index (Phi) is 11.9. The monoisotopic (exact) mass is 491 g/mol. The predicted octanol–water partition coefficient (Wildman–Crippen LogP) is 2.35. The van der Waals surface area contributed by atoms with Crippen LogP contribution in [0.2, 0.25) is 0 Å². The van der Waals surface area contributed by atoms with Crippen LogP contribution in [0.25, 0.3) is 0 Å². The van der Waals surface area contributed by atoms with E-state index in [4.69, 9.17) is 4.74 Å². The molecule has 8 nitrogen and oxygen atoms in total. The zero-order valence-electron chi connectivity index (χ0n) is 20.1. The van der Waals surface area contributed by atoms with E-state index in [0.717, 1.165) is 37.7 Å². The maximum atomic E-state index is 13.7. The van der Waals surface area contributed by atoms with Crippen molar-refractivity contribution in [1.82, 2.24) is 16.0 Å². The average Bonchev–Trinajstić information content (AvgIpc) is 2.83. The topological polar surface area (TPSA) is 114 Å². The Morgan fingerprint density at radius 3 is 2.29 bits per heavy atom. The molecule has 3 N–H and O–H groups in total. The third-order valence-electron chi connectivity index (χ3n) is 6.27. The lowest BCUT2D eigenvalue weighted by Crippen LogP contribution is -2.64. The van der Waals surface area contributed by atoms with Gasteiger partial charge < -0.3 is 20.7 Å². The number of hydrogen-bond donors (Lipinski definition) is 3. The number of thioether (sulfide) groups is 1. The number of hydrogen-bond acceptors (Lipinski definition) is 6. The van der Waals surface area contributed by atoms with Crippen LogP contribution in [-0.2, 0) is 30.3 Å². The Labute approximate surface area is 206 Å². The van der Waals surface area contributed by atoms with Crippen molar-refractivity contribution in [2.45, 2.75) is 75.4 Å². The van der Waals surface area contributed by atoms with Gasteiger partial charge in [0.2, 0.25) is 18.2 Å². The second-order valence-corrected chi connectivity index (χ2v) is 9.68. The minimum Gasteiger partial charge on any atom is -0.467 e. The molecule has 3 amide bonds. The van der Waals surface area contributed by atoms with Gasteiger partial charge in [0.15, 0.2) is 0 Å². The Balaban J connectivity index is 2.27. The first-order valence-corrected chi connectivity index (χ1v) is 13.3. The molecule has 1 fully saturated rings. The molecule has 0 heterocycles. The second kappa shape index (κ2) is 14.7. The first-order valence-electron chi connectivity index (χ1n) is 11.9. The summed E-state index contributed by atoms with van der Waals surface area (Å²) in [4.78, 5) is 50.5. The highest BCUT2D eigenvalue weighted by molar-refractivity contribution is 7.98. The maximum Gasteiger partial charge on any atom is 0.328 e. The molecule has 188 valence electrons. The largest absolute Gasteiger partial charge is 0.467 e. The van der Waals surface area contributed by atoms with E-state index >= 15 is 0 Å². The van der Waals surface area contributed by atoms with Gasteiger partial charge >= 0.3 is 5.97 Å². The Bertz CT molecular complexity index is 797. The molecule has 2 rings (SSSR count). The lowest BCUT2D eigenvalue weighted by molar-refractivity contribution is -0.146. The van der Waals surface area contributed by atoms with Crippen molar-refractivity contribution < 1.29 is 23.9 Å². The summed E-state index contributed by atoms with van der Waals surface area (Å²) in [6, 6.07) is 7.80. The molecule has 1 aromatic carbocycles. The van der Waals surface area contributed by atoms with Gasteiger partial charge in [0, 0.05) is 6.42 Å². The number of esters is 1. The van der Waals surface area contributed by atoms with E-state index in [1.165, 1.54) is 7.11 Å². The molecule has 0 bridgehead atoms. The minimum atomic E-state index is -1.15. The van der Waals surface area contributed by atoms with Crippen LogP contribution in [0.15, 0.2) is 30.3 Å². The fourth-order valence-electron chi connectivity index (χ4n) is 4.33. The zero-order chi connectivity index (χ0) is 24.8. The summed E-state index contributed by atoms with van der Waals surface area (Å²) < 4.78 is 4.95. The van der Waals surface area contributed by atoms with Gasteiger partial charge in [-0.2, -0.15) is 11.8 Å². The number of carbonyl (C=O) groups excluding carboxylic acids is 4. The Morgan fingerprint density at radius 2 is 1.71 bits per heavy atom. The van der Waals surface area contributed by atoms with Crippen molar-refractivity contribution in [3.8, 4) is 0 Å². The van der Waals surface area contributed by atoms with Crippen molar-refractivity contribution in [3.63, 3.8) is 0 Å². The van der Waals surface area contributed by atoms with Crippen LogP contribution >= 0.6 is 11.8 Å². The maximum absolute atomic E-state index is 13.7. The second-order valence-electron chi connectivity index (χ2n) is 8.70. The number of amides is 3. The van der Waals surface area contributed by atoms with Gasteiger partial charge in [-0.3, -0.25) is 14.4 Å². The number of methoxy groups -OCH3 is 1. The number of carbonyl (C=O) groups is 4. The summed E-state index contributed by atoms with van der Waals surface area (Å²) in [7, 11) is 1.29. The predicted molar refractivity (Wildman–Crippen MR) is 133 cm³/mol. The van der Waals surface area contributed by atoms with Crippen LogP contribution in [0.5, 0.6) is 0 Å². The van der Waals surface area contributed by atoms with Crippen molar-refractivity contribution in [2.24, 2.45) is 0 Å². The molecule has 0 aromatic heterocycles. The molecule has 0 spiro atoms. The van der Waals surface area contributed by atoms with Crippen LogP contribution in [0.4, 0.5) is 0 Å². The smallest absolute Gasteiger partial charge is 0.328 e. The molecule has 1 aliphatic rings. The first kappa shape index (κ1) is 27.7. The Hall–Kier alpha value is -2.55. The summed E-state index contributed by atoms with van der Waals surface area (Å²) in [6.07, 6.45) is 8.73. The summed E-state index contributed by atoms with van der Waals surface area (Å²) in [5.74, 6) is -0.608. The normalized spacial score (nSPS) is 17.2. The molecule has 0 unspecified atom stereocenters. The van der Waals surface area contributed by atoms with Crippen molar-refractivity contribution >= 4 is 36.0 Å². The average molecular weight is 492 g/mol. The molecule has 2 atom stereocenters. The number of rotatable bonds is 12. The lowest BCUT2D eigenvalue weighted by atomic mass is 9.82. The summed E-state index contributed by atoms with van der Waals surface area (Å²) in [5.41, 5.74) is -0.260. The van der Waals surface area contributed by atoms with Crippen molar-refractivity contribution in [2.75, 3.05) is 19.1 Å².